The quantitative estimate of drug-likeness (QED) is 0.758. The summed E-state index contributed by atoms with van der Waals surface area (Å²) in [5.74, 6) is -1.24. The van der Waals surface area contributed by atoms with E-state index < -0.39 is 17.2 Å². The van der Waals surface area contributed by atoms with Gasteiger partial charge in [-0.25, -0.2) is 8.78 Å². The summed E-state index contributed by atoms with van der Waals surface area (Å²) in [6.45, 7) is 0. The zero-order chi connectivity index (χ0) is 10.9. The van der Waals surface area contributed by atoms with Crippen molar-refractivity contribution in [3.8, 4) is 0 Å². The van der Waals surface area contributed by atoms with E-state index >= 15 is 0 Å². The van der Waals surface area contributed by atoms with Crippen molar-refractivity contribution in [3.05, 3.63) is 35.4 Å². The van der Waals surface area contributed by atoms with Crippen molar-refractivity contribution < 1.29 is 13.9 Å². The lowest BCUT2D eigenvalue weighted by Crippen LogP contribution is -2.28. The highest BCUT2D eigenvalue weighted by Crippen LogP contribution is 2.37. The fourth-order valence-electron chi connectivity index (χ4n) is 2.25. The van der Waals surface area contributed by atoms with Crippen molar-refractivity contribution in [1.29, 1.82) is 0 Å². The third-order valence-electron chi connectivity index (χ3n) is 3.08. The average Bonchev–Trinajstić information content (AvgIpc) is 2.17. The maximum absolute atomic E-state index is 13.0. The molecule has 0 bridgehead atoms. The Balaban J connectivity index is 2.34. The summed E-state index contributed by atoms with van der Waals surface area (Å²) >= 11 is 0. The first kappa shape index (κ1) is 10.6. The highest BCUT2D eigenvalue weighted by atomic mass is 19.1. The van der Waals surface area contributed by atoms with Gasteiger partial charge in [-0.15, -0.1) is 0 Å². The van der Waals surface area contributed by atoms with Crippen LogP contribution in [0, 0.1) is 11.6 Å². The standard InChI is InChI=1S/C12H14F2O/c13-10-6-9(7-11(14)8-10)12(15)4-2-1-3-5-12/h6-8,15H,1-5H2. The molecule has 1 aromatic carbocycles. The minimum Gasteiger partial charge on any atom is -0.385 e. The molecule has 1 fully saturated rings. The number of halogens is 2. The lowest BCUT2D eigenvalue weighted by molar-refractivity contribution is -0.00116. The Morgan fingerprint density at radius 1 is 0.933 bits per heavy atom. The van der Waals surface area contributed by atoms with Crippen LogP contribution in [0.3, 0.4) is 0 Å². The van der Waals surface area contributed by atoms with Crippen molar-refractivity contribution >= 4 is 0 Å². The molecule has 0 saturated heterocycles. The fraction of sp³-hybridized carbons (Fsp3) is 0.500. The van der Waals surface area contributed by atoms with Crippen LogP contribution in [0.15, 0.2) is 18.2 Å². The van der Waals surface area contributed by atoms with E-state index in [1.165, 1.54) is 12.1 Å². The van der Waals surface area contributed by atoms with Gasteiger partial charge in [0.1, 0.15) is 11.6 Å². The van der Waals surface area contributed by atoms with E-state index in [0.717, 1.165) is 25.3 Å². The maximum atomic E-state index is 13.0. The van der Waals surface area contributed by atoms with Gasteiger partial charge in [0.2, 0.25) is 0 Å². The number of aliphatic hydroxyl groups is 1. The third kappa shape index (κ3) is 2.17. The molecule has 1 saturated carbocycles. The Kier molecular flexibility index (Phi) is 2.74. The summed E-state index contributed by atoms with van der Waals surface area (Å²) in [5.41, 5.74) is -0.652. The zero-order valence-corrected chi connectivity index (χ0v) is 8.47. The predicted octanol–water partition coefficient (Wildman–Crippen LogP) is 3.12. The molecule has 1 N–H and O–H groups in total. The highest BCUT2D eigenvalue weighted by molar-refractivity contribution is 5.24. The minimum atomic E-state index is -1.03. The van der Waals surface area contributed by atoms with Gasteiger partial charge in [0.15, 0.2) is 0 Å². The first-order valence-electron chi connectivity index (χ1n) is 5.29. The second-order valence-corrected chi connectivity index (χ2v) is 4.25. The maximum Gasteiger partial charge on any atom is 0.126 e. The van der Waals surface area contributed by atoms with Gasteiger partial charge in [0, 0.05) is 6.07 Å². The molecule has 0 unspecified atom stereocenters. The van der Waals surface area contributed by atoms with Gasteiger partial charge in [-0.05, 0) is 30.5 Å². The normalized spacial score (nSPS) is 20.2. The van der Waals surface area contributed by atoms with E-state index in [0.29, 0.717) is 18.4 Å². The molecule has 1 nitrogen and oxygen atoms in total. The molecule has 0 radical (unpaired) electrons. The fourth-order valence-corrected chi connectivity index (χ4v) is 2.25. The van der Waals surface area contributed by atoms with Crippen molar-refractivity contribution in [2.75, 3.05) is 0 Å². The number of hydrogen-bond acceptors (Lipinski definition) is 1. The summed E-state index contributed by atoms with van der Waals surface area (Å²) in [5, 5.41) is 10.3. The zero-order valence-electron chi connectivity index (χ0n) is 8.47. The Hall–Kier alpha value is -0.960. The Morgan fingerprint density at radius 2 is 1.47 bits per heavy atom. The van der Waals surface area contributed by atoms with Crippen LogP contribution in [0.2, 0.25) is 0 Å². The van der Waals surface area contributed by atoms with Crippen LogP contribution in [0.25, 0.3) is 0 Å². The van der Waals surface area contributed by atoms with Gasteiger partial charge in [-0.1, -0.05) is 19.3 Å². The van der Waals surface area contributed by atoms with E-state index in [1.807, 2.05) is 0 Å². The van der Waals surface area contributed by atoms with Gasteiger partial charge in [-0.2, -0.15) is 0 Å². The summed E-state index contributed by atoms with van der Waals surface area (Å²) in [6, 6.07) is 3.29. The molecule has 0 heterocycles. The van der Waals surface area contributed by atoms with Crippen LogP contribution in [0.5, 0.6) is 0 Å². The van der Waals surface area contributed by atoms with E-state index in [-0.39, 0.29) is 0 Å². The van der Waals surface area contributed by atoms with Crippen LogP contribution >= 0.6 is 0 Å². The first-order valence-corrected chi connectivity index (χ1v) is 5.29. The molecule has 15 heavy (non-hydrogen) atoms. The van der Waals surface area contributed by atoms with Crippen molar-refractivity contribution in [1.82, 2.24) is 0 Å². The molecule has 1 aromatic rings. The molecular weight excluding hydrogens is 198 g/mol. The molecular formula is C12H14F2O. The Morgan fingerprint density at radius 3 is 2.00 bits per heavy atom. The average molecular weight is 212 g/mol. The molecule has 0 atom stereocenters. The monoisotopic (exact) mass is 212 g/mol. The summed E-state index contributed by atoms with van der Waals surface area (Å²) in [7, 11) is 0. The molecule has 0 aliphatic heterocycles. The van der Waals surface area contributed by atoms with E-state index in [1.54, 1.807) is 0 Å². The second kappa shape index (κ2) is 3.89. The number of hydrogen-bond donors (Lipinski definition) is 1. The largest absolute Gasteiger partial charge is 0.385 e. The Bertz CT molecular complexity index is 336. The Labute approximate surface area is 87.7 Å². The van der Waals surface area contributed by atoms with Gasteiger partial charge < -0.3 is 5.11 Å². The summed E-state index contributed by atoms with van der Waals surface area (Å²) < 4.78 is 26.0. The molecule has 2 rings (SSSR count). The first-order chi connectivity index (χ1) is 7.10. The minimum absolute atomic E-state index is 0.375. The second-order valence-electron chi connectivity index (χ2n) is 4.25. The summed E-state index contributed by atoms with van der Waals surface area (Å²) in [6.07, 6.45) is 4.09. The van der Waals surface area contributed by atoms with E-state index in [9.17, 15) is 13.9 Å². The van der Waals surface area contributed by atoms with Crippen LogP contribution in [0.4, 0.5) is 8.78 Å². The molecule has 0 aromatic heterocycles. The smallest absolute Gasteiger partial charge is 0.126 e. The van der Waals surface area contributed by atoms with Crippen LogP contribution in [-0.2, 0) is 5.60 Å². The van der Waals surface area contributed by atoms with Crippen LogP contribution in [-0.4, -0.2) is 5.11 Å². The molecule has 3 heteroatoms. The third-order valence-corrected chi connectivity index (χ3v) is 3.08. The van der Waals surface area contributed by atoms with E-state index in [4.69, 9.17) is 0 Å². The molecule has 0 amide bonds. The van der Waals surface area contributed by atoms with Crippen molar-refractivity contribution in [3.63, 3.8) is 0 Å². The lowest BCUT2D eigenvalue weighted by atomic mass is 9.80. The van der Waals surface area contributed by atoms with Crippen LogP contribution < -0.4 is 0 Å². The highest BCUT2D eigenvalue weighted by Gasteiger charge is 2.31. The van der Waals surface area contributed by atoms with Gasteiger partial charge in [-0.3, -0.25) is 0 Å². The predicted molar refractivity (Wildman–Crippen MR) is 53.3 cm³/mol. The van der Waals surface area contributed by atoms with E-state index in [2.05, 4.69) is 0 Å². The molecule has 1 aliphatic carbocycles. The van der Waals surface area contributed by atoms with Gasteiger partial charge in [0.25, 0.3) is 0 Å². The molecule has 82 valence electrons. The number of benzene rings is 1. The number of rotatable bonds is 1. The molecule has 1 aliphatic rings. The summed E-state index contributed by atoms with van der Waals surface area (Å²) in [4.78, 5) is 0. The SMILES string of the molecule is OC1(c2cc(F)cc(F)c2)CCCCC1. The van der Waals surface area contributed by atoms with Gasteiger partial charge >= 0.3 is 0 Å². The van der Waals surface area contributed by atoms with Crippen molar-refractivity contribution in [2.45, 2.75) is 37.7 Å². The van der Waals surface area contributed by atoms with Crippen LogP contribution in [0.1, 0.15) is 37.7 Å². The lowest BCUT2D eigenvalue weighted by Gasteiger charge is -2.32. The molecule has 0 spiro atoms. The van der Waals surface area contributed by atoms with Crippen molar-refractivity contribution in [2.24, 2.45) is 0 Å². The topological polar surface area (TPSA) is 20.2 Å². The van der Waals surface area contributed by atoms with Gasteiger partial charge in [0.05, 0.1) is 5.60 Å².